The third kappa shape index (κ3) is 17.3. The average molecular weight is 1270 g/mol. The molecule has 0 spiro atoms. The van der Waals surface area contributed by atoms with Gasteiger partial charge in [-0.3, -0.25) is 14.5 Å². The summed E-state index contributed by atoms with van der Waals surface area (Å²) in [6.07, 6.45) is 1.44. The molecule has 0 unspecified atom stereocenters. The molecule has 0 bridgehead atoms. The third-order valence-corrected chi connectivity index (χ3v) is 15.1. The number of hydrogen-bond acceptors (Lipinski definition) is 28. The molecule has 7 rings (SSSR count). The molecule has 0 aliphatic rings. The summed E-state index contributed by atoms with van der Waals surface area (Å²) in [6, 6.07) is 10.8. The number of benzene rings is 5. The van der Waals surface area contributed by atoms with Crippen LogP contribution in [0.4, 0.5) is 51.4 Å². The van der Waals surface area contributed by atoms with E-state index in [4.69, 9.17) is 39.3 Å². The maximum absolute atomic E-state index is 14.2. The van der Waals surface area contributed by atoms with E-state index in [0.717, 1.165) is 24.3 Å². The summed E-state index contributed by atoms with van der Waals surface area (Å²) >= 11 is 12.0. The number of nitriles is 1. The molecular weight excluding hydrogens is 1250 g/mol. The summed E-state index contributed by atoms with van der Waals surface area (Å²) in [5, 5.41) is 46.8. The van der Waals surface area contributed by atoms with Crippen molar-refractivity contribution in [1.82, 2.24) is 29.9 Å². The molecule has 0 aliphatic carbocycles. The number of anilines is 3. The minimum absolute atomic E-state index is 0. The zero-order chi connectivity index (χ0) is 55.7. The monoisotopic (exact) mass is 1270 g/mol. The normalized spacial score (nSPS) is 12.8. The zero-order valence-corrected chi connectivity index (χ0v) is 54.3. The summed E-state index contributed by atoms with van der Waals surface area (Å²) < 4.78 is 172. The van der Waals surface area contributed by atoms with Crippen LogP contribution in [-0.2, 0) is 50.3 Å². The van der Waals surface area contributed by atoms with Crippen LogP contribution in [0.25, 0.3) is 10.8 Å². The number of aliphatic hydroxyl groups excluding tert-OH is 1. The van der Waals surface area contributed by atoms with Crippen molar-refractivity contribution in [2.45, 2.75) is 24.5 Å². The number of nitrogen functional groups attached to an aromatic ring is 1. The second-order valence-electron chi connectivity index (χ2n) is 14.6. The predicted molar refractivity (Wildman–Crippen MR) is 253 cm³/mol. The van der Waals surface area contributed by atoms with E-state index in [0.29, 0.717) is 24.3 Å². The molecule has 80 heavy (non-hydrogen) atoms. The number of sulfone groups is 1. The molecule has 0 fully saturated rings. The van der Waals surface area contributed by atoms with Gasteiger partial charge in [-0.25, -0.2) is 43.7 Å². The Labute approximate surface area is 548 Å². The van der Waals surface area contributed by atoms with Crippen molar-refractivity contribution in [1.29, 1.82) is 5.26 Å². The molecule has 7 aromatic rings. The molecule has 396 valence electrons. The van der Waals surface area contributed by atoms with E-state index >= 15 is 0 Å². The second-order valence-corrected chi connectivity index (χ2v) is 22.8. The molecule has 43 heteroatoms. The molecule has 2 aromatic heterocycles. The SMILES string of the molecule is N#CN=c1nc(Cl)[nH]c(=Nc2ccc(S(=O)(=O)[O-])c(N=Nc3c(S(=O)(=O)O)cc4cc(S(=O)(=O)[O-])c(N=Nc5cc(N=c6nc(Nc7ccc(S(=O)(=O)CCO)cc7)nc(Cl)[nH]6)ccc5S(=O)(=O)[O-])c(N)c4c3[O-])c2)[nH]1.[Na+].[Na+].[Na+].[Na+]. The molecule has 0 saturated carbocycles. The number of aliphatic hydroxyl groups is 1. The Morgan fingerprint density at radius 3 is 1.70 bits per heavy atom. The van der Waals surface area contributed by atoms with Crippen LogP contribution < -0.4 is 151 Å². The Morgan fingerprint density at radius 1 is 0.650 bits per heavy atom. The first-order valence-corrected chi connectivity index (χ1v) is 27.8. The number of rotatable bonds is 15. The average Bonchev–Trinajstić information content (AvgIpc) is 3.29. The van der Waals surface area contributed by atoms with Crippen LogP contribution in [0.1, 0.15) is 0 Å². The largest absolute Gasteiger partial charge is 1.00 e. The number of hydrogen-bond donors (Lipinski definition) is 7. The maximum Gasteiger partial charge on any atom is 1.00 e. The Morgan fingerprint density at radius 2 is 1.18 bits per heavy atom. The zero-order valence-electron chi connectivity index (χ0n) is 40.7. The fourth-order valence-corrected chi connectivity index (χ4v) is 10.3. The van der Waals surface area contributed by atoms with Crippen LogP contribution >= 0.6 is 23.2 Å². The summed E-state index contributed by atoms with van der Waals surface area (Å²) in [5.41, 5.74) is -0.553. The first-order chi connectivity index (χ1) is 35.4. The number of H-pyrrole nitrogens is 3. The molecule has 0 aliphatic heterocycles. The van der Waals surface area contributed by atoms with Gasteiger partial charge in [0.05, 0.1) is 54.7 Å². The molecule has 5 aromatic carbocycles. The minimum Gasteiger partial charge on any atom is -0.870 e. The fourth-order valence-electron chi connectivity index (χ4n) is 6.40. The molecule has 0 amide bonds. The van der Waals surface area contributed by atoms with Gasteiger partial charge in [0, 0.05) is 11.1 Å². The number of nitrogens with two attached hydrogens (primary N) is 1. The van der Waals surface area contributed by atoms with E-state index in [1.807, 2.05) is 0 Å². The fraction of sp³-hybridized carbons (Fsp3) is 0.0541. The van der Waals surface area contributed by atoms with Crippen LogP contribution in [-0.4, -0.2) is 108 Å². The summed E-state index contributed by atoms with van der Waals surface area (Å²) in [7, 11) is -26.1. The molecule has 0 atom stereocenters. The van der Waals surface area contributed by atoms with Crippen LogP contribution in [0.2, 0.25) is 10.6 Å². The smallest absolute Gasteiger partial charge is 0.870 e. The first-order valence-electron chi connectivity index (χ1n) is 19.7. The number of azo groups is 2. The van der Waals surface area contributed by atoms with Crippen molar-refractivity contribution in [2.75, 3.05) is 23.4 Å². The van der Waals surface area contributed by atoms with Gasteiger partial charge in [-0.2, -0.15) is 28.6 Å². The number of fused-ring (bicyclic) bond motifs is 1. The maximum atomic E-state index is 14.2. The standard InChI is InChI=1S/C37H28Cl2N16O16S5.4Na/c38-32-46-34(42-15-40)50-36(47-32)44-18-3-8-24(74(63,64)65)22(14-18)53-55-30-26(76(69,70)71)12-16-11-25(75(66,67)68)29(28(41)27(16)31(30)57)54-52-21-13-19(4-7-23(21)73(60,61)62)45-37-49-33(39)48-35(51-37)43-17-1-5-20(6-2-17)72(58,59)10-9-56;;;;/h1-8,11-14,56-57H,9-10,41H2,(H,60,61,62)(H,63,64,65)(H,66,67,68)(H,69,70,71)(H2,42,44,46,47,50)(H2,43,45,48,49,51);;;;/q;4*+1/p-4. The first kappa shape index (κ1) is 70.3. The van der Waals surface area contributed by atoms with Crippen LogP contribution in [0.3, 0.4) is 0 Å². The van der Waals surface area contributed by atoms with Crippen molar-refractivity contribution in [3.63, 3.8) is 0 Å². The summed E-state index contributed by atoms with van der Waals surface area (Å²) in [4.78, 5) is 25.5. The van der Waals surface area contributed by atoms with Crippen molar-refractivity contribution >= 4 is 136 Å². The van der Waals surface area contributed by atoms with Gasteiger partial charge in [-0.15, -0.1) is 25.4 Å². The molecule has 0 saturated heterocycles. The van der Waals surface area contributed by atoms with Gasteiger partial charge in [-0.05, 0) is 101 Å². The molecule has 32 nitrogen and oxygen atoms in total. The molecule has 0 radical (unpaired) electrons. The van der Waals surface area contributed by atoms with Crippen molar-refractivity contribution < 1.29 is 189 Å². The van der Waals surface area contributed by atoms with E-state index in [1.54, 1.807) is 0 Å². The number of aromatic amines is 3. The Kier molecular flexibility index (Phi) is 24.6. The quantitative estimate of drug-likeness (QED) is 0.0165. The van der Waals surface area contributed by atoms with Gasteiger partial charge in [0.1, 0.15) is 52.3 Å². The Hall–Kier alpha value is -4.00. The van der Waals surface area contributed by atoms with Crippen molar-refractivity contribution in [2.24, 2.45) is 35.4 Å². The van der Waals surface area contributed by atoms with E-state index in [-0.39, 0.29) is 174 Å². The van der Waals surface area contributed by atoms with Gasteiger partial charge >= 0.3 is 118 Å². The minimum atomic E-state index is -5.79. The van der Waals surface area contributed by atoms with Gasteiger partial charge in [0.2, 0.25) is 39.6 Å². The van der Waals surface area contributed by atoms with Crippen LogP contribution in [0.15, 0.2) is 133 Å². The molecule has 2 heterocycles. The number of nitrogens with one attached hydrogen (secondary N) is 4. The van der Waals surface area contributed by atoms with Crippen LogP contribution in [0, 0.1) is 11.5 Å². The molecule has 8 N–H and O–H groups in total. The number of nitrogens with zero attached hydrogens (tertiary/aromatic N) is 11. The third-order valence-electron chi connectivity index (χ3n) is 9.53. The van der Waals surface area contributed by atoms with Crippen molar-refractivity contribution in [3.05, 3.63) is 100 Å². The molecular formula is C37H24Cl2N16Na4O16S5. The van der Waals surface area contributed by atoms with E-state index in [9.17, 15) is 65.4 Å². The van der Waals surface area contributed by atoms with Gasteiger partial charge in [-0.1, -0.05) is 5.75 Å². The topological polar surface area (TPSA) is 538 Å². The van der Waals surface area contributed by atoms with Crippen LogP contribution in [0.5, 0.6) is 5.75 Å². The Balaban J connectivity index is 0.00000420. The number of halogens is 2. The van der Waals surface area contributed by atoms with E-state index in [2.05, 4.69) is 70.7 Å². The summed E-state index contributed by atoms with van der Waals surface area (Å²) in [6.45, 7) is -0.611. The van der Waals surface area contributed by atoms with Gasteiger partial charge < -0.3 is 39.9 Å². The Bertz CT molecular complexity index is 4510. The van der Waals surface area contributed by atoms with E-state index in [1.165, 1.54) is 30.5 Å². The van der Waals surface area contributed by atoms with Gasteiger partial charge in [0.15, 0.2) is 9.84 Å². The predicted octanol–water partition coefficient (Wildman–Crippen LogP) is -9.87. The van der Waals surface area contributed by atoms with E-state index < -0.39 is 127 Å². The number of aromatic nitrogens is 6. The van der Waals surface area contributed by atoms with Crippen molar-refractivity contribution in [3.8, 4) is 11.9 Å². The van der Waals surface area contributed by atoms with Gasteiger partial charge in [0.25, 0.3) is 10.1 Å². The summed E-state index contributed by atoms with van der Waals surface area (Å²) in [5.74, 6) is -2.40. The second kappa shape index (κ2) is 28.1.